The Morgan fingerprint density at radius 1 is 1.10 bits per heavy atom. The maximum Gasteiger partial charge on any atom is 0.408 e. The molecule has 1 aliphatic rings. The van der Waals surface area contributed by atoms with Gasteiger partial charge in [-0.1, -0.05) is 54.1 Å². The molecule has 1 N–H and O–H groups in total. The summed E-state index contributed by atoms with van der Waals surface area (Å²) in [6.07, 6.45) is 0.477. The first-order valence-electron chi connectivity index (χ1n) is 9.99. The van der Waals surface area contributed by atoms with Crippen LogP contribution in [-0.2, 0) is 32.0 Å². The lowest BCUT2D eigenvalue weighted by molar-refractivity contribution is -0.151. The summed E-state index contributed by atoms with van der Waals surface area (Å²) >= 11 is 5.95. The molecule has 2 aromatic carbocycles. The van der Waals surface area contributed by atoms with E-state index in [1.54, 1.807) is 0 Å². The van der Waals surface area contributed by atoms with Gasteiger partial charge in [-0.15, -0.1) is 0 Å². The first-order valence-corrected chi connectivity index (χ1v) is 10.4. The number of nitrogens with one attached hydrogen (secondary N) is 1. The van der Waals surface area contributed by atoms with Crippen LogP contribution >= 0.6 is 11.6 Å². The van der Waals surface area contributed by atoms with Gasteiger partial charge in [0, 0.05) is 11.6 Å². The van der Waals surface area contributed by atoms with Gasteiger partial charge in [0.2, 0.25) is 0 Å². The Bertz CT molecular complexity index is 827. The van der Waals surface area contributed by atoms with E-state index in [1.165, 1.54) is 0 Å². The second-order valence-electron chi connectivity index (χ2n) is 7.48. The second-order valence-corrected chi connectivity index (χ2v) is 7.91. The molecule has 0 aliphatic carbocycles. The first kappa shape index (κ1) is 22.1. The Hall–Kier alpha value is -2.57. The van der Waals surface area contributed by atoms with Gasteiger partial charge in [0.1, 0.15) is 6.61 Å². The number of carbonyl (C=O) groups excluding carboxylic acids is 2. The molecule has 0 bridgehead atoms. The zero-order valence-corrected chi connectivity index (χ0v) is 17.6. The van der Waals surface area contributed by atoms with Gasteiger partial charge in [-0.25, -0.2) is 9.59 Å². The summed E-state index contributed by atoms with van der Waals surface area (Å²) in [5.41, 5.74) is 2.00. The average Bonchev–Trinajstić information content (AvgIpc) is 2.79. The number of cyclic esters (lactones) is 1. The van der Waals surface area contributed by atoms with Gasteiger partial charge in [-0.05, 0) is 48.9 Å². The molecule has 3 rings (SSSR count). The Kier molecular flexibility index (Phi) is 8.11. The molecular formula is C23H26ClNO5. The number of halogens is 1. The quantitative estimate of drug-likeness (QED) is 0.720. The van der Waals surface area contributed by atoms with Crippen LogP contribution in [0.4, 0.5) is 4.79 Å². The Morgan fingerprint density at radius 3 is 2.57 bits per heavy atom. The van der Waals surface area contributed by atoms with E-state index in [2.05, 4.69) is 5.32 Å². The van der Waals surface area contributed by atoms with E-state index < -0.39 is 18.1 Å². The predicted octanol–water partition coefficient (Wildman–Crippen LogP) is 4.15. The van der Waals surface area contributed by atoms with Crippen LogP contribution in [0.15, 0.2) is 54.6 Å². The SMILES string of the molecule is CC1CC(Cc2ccc(Cl)cc2)COC[C@H](NC(=O)OCc2ccccc2)C(=O)O1. The molecule has 160 valence electrons. The van der Waals surface area contributed by atoms with Crippen LogP contribution in [0.1, 0.15) is 24.5 Å². The second kappa shape index (κ2) is 11.0. The maximum absolute atomic E-state index is 12.5. The van der Waals surface area contributed by atoms with Crippen LogP contribution in [0.5, 0.6) is 0 Å². The average molecular weight is 432 g/mol. The van der Waals surface area contributed by atoms with E-state index in [4.69, 9.17) is 25.8 Å². The highest BCUT2D eigenvalue weighted by atomic mass is 35.5. The number of ether oxygens (including phenoxy) is 3. The van der Waals surface area contributed by atoms with Gasteiger partial charge in [-0.3, -0.25) is 0 Å². The number of rotatable bonds is 5. The van der Waals surface area contributed by atoms with Crippen LogP contribution < -0.4 is 5.32 Å². The van der Waals surface area contributed by atoms with Crippen LogP contribution in [0.2, 0.25) is 5.02 Å². The van der Waals surface area contributed by atoms with Crippen molar-refractivity contribution in [1.29, 1.82) is 0 Å². The number of hydrogen-bond acceptors (Lipinski definition) is 5. The van der Waals surface area contributed by atoms with E-state index in [9.17, 15) is 9.59 Å². The monoisotopic (exact) mass is 431 g/mol. The largest absolute Gasteiger partial charge is 0.461 e. The van der Waals surface area contributed by atoms with E-state index in [-0.39, 0.29) is 25.2 Å². The highest BCUT2D eigenvalue weighted by Crippen LogP contribution is 2.20. The molecule has 1 heterocycles. The Morgan fingerprint density at radius 2 is 1.83 bits per heavy atom. The number of alkyl carbamates (subject to hydrolysis) is 1. The van der Waals surface area contributed by atoms with Gasteiger partial charge in [0.15, 0.2) is 6.04 Å². The summed E-state index contributed by atoms with van der Waals surface area (Å²) in [4.78, 5) is 24.6. The molecule has 1 fully saturated rings. The van der Waals surface area contributed by atoms with Gasteiger partial charge < -0.3 is 19.5 Å². The molecule has 1 saturated heterocycles. The number of amides is 1. The minimum atomic E-state index is -0.912. The summed E-state index contributed by atoms with van der Waals surface area (Å²) in [7, 11) is 0. The molecule has 7 heteroatoms. The van der Waals surface area contributed by atoms with E-state index in [0.29, 0.717) is 18.1 Å². The number of hydrogen-bond donors (Lipinski definition) is 1. The van der Waals surface area contributed by atoms with E-state index in [1.807, 2.05) is 61.5 Å². The summed E-state index contributed by atoms with van der Waals surface area (Å²) in [6.45, 7) is 2.46. The lowest BCUT2D eigenvalue weighted by Crippen LogP contribution is -2.45. The summed E-state index contributed by atoms with van der Waals surface area (Å²) < 4.78 is 16.5. The molecule has 0 radical (unpaired) electrons. The minimum absolute atomic E-state index is 0.0309. The zero-order chi connectivity index (χ0) is 21.3. The topological polar surface area (TPSA) is 73.9 Å². The molecule has 0 aromatic heterocycles. The highest BCUT2D eigenvalue weighted by Gasteiger charge is 2.28. The van der Waals surface area contributed by atoms with Crippen LogP contribution in [0, 0.1) is 5.92 Å². The smallest absolute Gasteiger partial charge is 0.408 e. The van der Waals surface area contributed by atoms with Gasteiger partial charge in [-0.2, -0.15) is 0 Å². The normalized spacial score (nSPS) is 22.2. The van der Waals surface area contributed by atoms with Gasteiger partial charge in [0.05, 0.1) is 12.7 Å². The molecule has 30 heavy (non-hydrogen) atoms. The lowest BCUT2D eigenvalue weighted by Gasteiger charge is -2.19. The van der Waals surface area contributed by atoms with Crippen molar-refractivity contribution in [2.75, 3.05) is 13.2 Å². The molecule has 1 aliphatic heterocycles. The van der Waals surface area contributed by atoms with Crippen molar-refractivity contribution in [3.8, 4) is 0 Å². The number of esters is 1. The van der Waals surface area contributed by atoms with Gasteiger partial charge >= 0.3 is 12.1 Å². The van der Waals surface area contributed by atoms with Crippen molar-refractivity contribution in [2.24, 2.45) is 5.92 Å². The Balaban J connectivity index is 1.53. The van der Waals surface area contributed by atoms with E-state index >= 15 is 0 Å². The van der Waals surface area contributed by atoms with Crippen molar-refractivity contribution in [3.63, 3.8) is 0 Å². The molecule has 2 unspecified atom stereocenters. The fraction of sp³-hybridized carbons (Fsp3) is 0.391. The van der Waals surface area contributed by atoms with Crippen molar-refractivity contribution in [3.05, 3.63) is 70.7 Å². The Labute approximate surface area is 181 Å². The first-order chi connectivity index (χ1) is 14.5. The zero-order valence-electron chi connectivity index (χ0n) is 16.9. The molecule has 6 nitrogen and oxygen atoms in total. The maximum atomic E-state index is 12.5. The van der Waals surface area contributed by atoms with E-state index in [0.717, 1.165) is 17.5 Å². The van der Waals surface area contributed by atoms with Crippen molar-refractivity contribution in [2.45, 2.75) is 38.5 Å². The molecule has 0 spiro atoms. The summed E-state index contributed by atoms with van der Waals surface area (Å²) in [5, 5.41) is 3.24. The third-order valence-corrected chi connectivity index (χ3v) is 5.10. The molecule has 2 aromatic rings. The van der Waals surface area contributed by atoms with Crippen LogP contribution in [0.25, 0.3) is 0 Å². The van der Waals surface area contributed by atoms with Gasteiger partial charge in [0.25, 0.3) is 0 Å². The van der Waals surface area contributed by atoms with Crippen molar-refractivity contribution >= 4 is 23.7 Å². The minimum Gasteiger partial charge on any atom is -0.461 e. The highest BCUT2D eigenvalue weighted by molar-refractivity contribution is 6.30. The van der Waals surface area contributed by atoms with Crippen molar-refractivity contribution < 1.29 is 23.8 Å². The fourth-order valence-corrected chi connectivity index (χ4v) is 3.52. The summed E-state index contributed by atoms with van der Waals surface area (Å²) in [5.74, 6) is -0.343. The lowest BCUT2D eigenvalue weighted by atomic mass is 9.95. The molecule has 1 amide bonds. The summed E-state index contributed by atoms with van der Waals surface area (Å²) in [6, 6.07) is 16.1. The third-order valence-electron chi connectivity index (χ3n) is 4.85. The molecule has 0 saturated carbocycles. The number of carbonyl (C=O) groups is 2. The standard InChI is InChI=1S/C23H26ClNO5/c1-16-11-19(12-17-7-9-20(24)10-8-17)13-28-15-21(22(26)30-16)25-23(27)29-14-18-5-3-2-4-6-18/h2-10,16,19,21H,11-15H2,1H3,(H,25,27)/t16?,19?,21-/m0/s1. The van der Waals surface area contributed by atoms with Crippen LogP contribution in [0.3, 0.4) is 0 Å². The fourth-order valence-electron chi connectivity index (χ4n) is 3.39. The van der Waals surface area contributed by atoms with Crippen LogP contribution in [-0.4, -0.2) is 37.4 Å². The number of benzene rings is 2. The molecule has 3 atom stereocenters. The van der Waals surface area contributed by atoms with Crippen molar-refractivity contribution in [1.82, 2.24) is 5.32 Å². The molecular weight excluding hydrogens is 406 g/mol. The third kappa shape index (κ3) is 7.04. The predicted molar refractivity (Wildman–Crippen MR) is 113 cm³/mol.